The van der Waals surface area contributed by atoms with Gasteiger partial charge in [0, 0.05) is 21.2 Å². The van der Waals surface area contributed by atoms with Crippen LogP contribution in [0.2, 0.25) is 10.0 Å². The minimum Gasteiger partial charge on any atom is -0.394 e. The van der Waals surface area contributed by atoms with E-state index in [1.165, 1.54) is 0 Å². The number of ether oxygens (including phenoxy) is 2. The zero-order chi connectivity index (χ0) is 14.8. The van der Waals surface area contributed by atoms with E-state index in [1.807, 2.05) is 30.3 Å². The number of hydrogen-bond donors (Lipinski definition) is 1. The largest absolute Gasteiger partial charge is 0.394 e. The van der Waals surface area contributed by atoms with E-state index in [4.69, 9.17) is 32.7 Å². The lowest BCUT2D eigenvalue weighted by molar-refractivity contribution is -0.0739. The van der Waals surface area contributed by atoms with Crippen LogP contribution in [-0.2, 0) is 9.47 Å². The highest BCUT2D eigenvalue weighted by Gasteiger charge is 2.39. The Hall–Kier alpha value is -1.10. The second-order valence-electron chi connectivity index (χ2n) is 4.79. The molecule has 0 spiro atoms. The van der Waals surface area contributed by atoms with Crippen LogP contribution in [0.15, 0.2) is 48.5 Å². The summed E-state index contributed by atoms with van der Waals surface area (Å²) >= 11 is 12.4. The predicted octanol–water partition coefficient (Wildman–Crippen LogP) is 4.14. The van der Waals surface area contributed by atoms with Crippen molar-refractivity contribution < 1.29 is 14.6 Å². The van der Waals surface area contributed by atoms with Crippen molar-refractivity contribution in [2.45, 2.75) is 18.5 Å². The van der Waals surface area contributed by atoms with Gasteiger partial charge in [-0.15, -0.1) is 0 Å². The van der Waals surface area contributed by atoms with Gasteiger partial charge in [0.2, 0.25) is 0 Å². The van der Waals surface area contributed by atoms with Crippen LogP contribution in [0.25, 0.3) is 0 Å². The van der Waals surface area contributed by atoms with E-state index in [0.717, 1.165) is 5.56 Å². The first kappa shape index (κ1) is 14.8. The first-order valence-electron chi connectivity index (χ1n) is 6.61. The minimum absolute atomic E-state index is 0.171. The van der Waals surface area contributed by atoms with Gasteiger partial charge in [-0.3, -0.25) is 0 Å². The molecule has 3 rings (SSSR count). The highest BCUT2D eigenvalue weighted by molar-refractivity contribution is 6.36. The van der Waals surface area contributed by atoms with Gasteiger partial charge >= 0.3 is 0 Å². The summed E-state index contributed by atoms with van der Waals surface area (Å²) in [5, 5.41) is 10.6. The zero-order valence-corrected chi connectivity index (χ0v) is 12.6. The summed E-state index contributed by atoms with van der Waals surface area (Å²) in [5.74, 6) is 0. The maximum Gasteiger partial charge on any atom is 0.185 e. The molecule has 2 aromatic rings. The predicted molar refractivity (Wildman–Crippen MR) is 81.4 cm³/mol. The lowest BCUT2D eigenvalue weighted by atomic mass is 10.0. The fourth-order valence-corrected chi connectivity index (χ4v) is 3.04. The highest BCUT2D eigenvalue weighted by atomic mass is 35.5. The summed E-state index contributed by atoms with van der Waals surface area (Å²) in [7, 11) is 0. The number of rotatable bonds is 3. The first-order valence-corrected chi connectivity index (χ1v) is 7.37. The Kier molecular flexibility index (Phi) is 4.48. The molecular weight excluding hydrogens is 311 g/mol. The van der Waals surface area contributed by atoms with E-state index in [2.05, 4.69) is 0 Å². The zero-order valence-electron chi connectivity index (χ0n) is 11.1. The molecule has 0 aromatic heterocycles. The molecule has 0 radical (unpaired) electrons. The molecule has 0 saturated carbocycles. The molecule has 1 fully saturated rings. The average molecular weight is 325 g/mol. The quantitative estimate of drug-likeness (QED) is 0.922. The molecule has 1 N–H and O–H groups in total. The van der Waals surface area contributed by atoms with Gasteiger partial charge in [-0.2, -0.15) is 0 Å². The van der Waals surface area contributed by atoms with E-state index in [1.54, 1.807) is 18.2 Å². The Balaban J connectivity index is 1.92. The van der Waals surface area contributed by atoms with Crippen LogP contribution in [0.1, 0.15) is 23.5 Å². The van der Waals surface area contributed by atoms with Gasteiger partial charge in [-0.1, -0.05) is 59.6 Å². The Bertz CT molecular complexity index is 598. The summed E-state index contributed by atoms with van der Waals surface area (Å²) in [4.78, 5) is 0. The Labute approximate surface area is 133 Å². The highest BCUT2D eigenvalue weighted by Crippen LogP contribution is 2.44. The van der Waals surface area contributed by atoms with Gasteiger partial charge in [0.15, 0.2) is 6.29 Å². The van der Waals surface area contributed by atoms with Crippen LogP contribution in [0.5, 0.6) is 0 Å². The number of halogens is 2. The third kappa shape index (κ3) is 2.93. The number of benzene rings is 2. The van der Waals surface area contributed by atoms with Gasteiger partial charge < -0.3 is 14.6 Å². The molecule has 110 valence electrons. The van der Waals surface area contributed by atoms with Crippen LogP contribution in [0, 0.1) is 0 Å². The SMILES string of the molecule is OCC1OC(c2ccccc2)O[C@@H]1c1c(Cl)cccc1Cl. The summed E-state index contributed by atoms with van der Waals surface area (Å²) in [6, 6.07) is 14.8. The molecule has 0 bridgehead atoms. The van der Waals surface area contributed by atoms with Gasteiger partial charge in [-0.05, 0) is 12.1 Å². The third-order valence-corrected chi connectivity index (χ3v) is 4.10. The summed E-state index contributed by atoms with van der Waals surface area (Å²) < 4.78 is 11.7. The average Bonchev–Trinajstić information content (AvgIpc) is 2.92. The van der Waals surface area contributed by atoms with Gasteiger partial charge in [0.25, 0.3) is 0 Å². The van der Waals surface area contributed by atoms with Crippen LogP contribution >= 0.6 is 23.2 Å². The third-order valence-electron chi connectivity index (χ3n) is 3.44. The van der Waals surface area contributed by atoms with Crippen molar-refractivity contribution in [1.29, 1.82) is 0 Å². The molecule has 3 nitrogen and oxygen atoms in total. The Morgan fingerprint density at radius 3 is 2.19 bits per heavy atom. The van der Waals surface area contributed by atoms with Crippen molar-refractivity contribution in [2.24, 2.45) is 0 Å². The number of hydrogen-bond acceptors (Lipinski definition) is 3. The van der Waals surface area contributed by atoms with Crippen molar-refractivity contribution in [3.8, 4) is 0 Å². The molecular formula is C16H14Cl2O3. The summed E-state index contributed by atoms with van der Waals surface area (Å²) in [6.07, 6.45) is -1.55. The second kappa shape index (κ2) is 6.34. The molecule has 1 aliphatic heterocycles. The van der Waals surface area contributed by atoms with E-state index in [-0.39, 0.29) is 6.61 Å². The smallest absolute Gasteiger partial charge is 0.185 e. The van der Waals surface area contributed by atoms with Crippen molar-refractivity contribution in [1.82, 2.24) is 0 Å². The molecule has 2 unspecified atom stereocenters. The van der Waals surface area contributed by atoms with Crippen LogP contribution in [0.3, 0.4) is 0 Å². The molecule has 0 amide bonds. The molecule has 1 aliphatic rings. The van der Waals surface area contributed by atoms with Crippen LogP contribution in [-0.4, -0.2) is 17.8 Å². The lowest BCUT2D eigenvalue weighted by Crippen LogP contribution is -2.20. The lowest BCUT2D eigenvalue weighted by Gasteiger charge is -2.17. The number of aliphatic hydroxyl groups excluding tert-OH is 1. The molecule has 5 heteroatoms. The van der Waals surface area contributed by atoms with Crippen LogP contribution < -0.4 is 0 Å². The fraction of sp³-hybridized carbons (Fsp3) is 0.250. The molecule has 1 heterocycles. The standard InChI is InChI=1S/C16H14Cl2O3/c17-11-7-4-8-12(18)14(11)15-13(9-19)20-16(21-15)10-5-2-1-3-6-10/h1-8,13,15-16,19H,9H2/t13?,15-,16?/m0/s1. The topological polar surface area (TPSA) is 38.7 Å². The van der Waals surface area contributed by atoms with Gasteiger partial charge in [0.05, 0.1) is 6.61 Å². The molecule has 3 atom stereocenters. The molecule has 21 heavy (non-hydrogen) atoms. The second-order valence-corrected chi connectivity index (χ2v) is 5.61. The van der Waals surface area contributed by atoms with Gasteiger partial charge in [0.1, 0.15) is 12.2 Å². The van der Waals surface area contributed by atoms with Crippen LogP contribution in [0.4, 0.5) is 0 Å². The molecule has 1 saturated heterocycles. The van der Waals surface area contributed by atoms with Gasteiger partial charge in [-0.25, -0.2) is 0 Å². The van der Waals surface area contributed by atoms with E-state index in [0.29, 0.717) is 15.6 Å². The summed E-state index contributed by atoms with van der Waals surface area (Å²) in [6.45, 7) is -0.171. The van der Waals surface area contributed by atoms with E-state index in [9.17, 15) is 5.11 Å². The van der Waals surface area contributed by atoms with Crippen molar-refractivity contribution in [3.63, 3.8) is 0 Å². The van der Waals surface area contributed by atoms with E-state index >= 15 is 0 Å². The van der Waals surface area contributed by atoms with Crippen molar-refractivity contribution in [2.75, 3.05) is 6.61 Å². The molecule has 2 aromatic carbocycles. The van der Waals surface area contributed by atoms with E-state index < -0.39 is 18.5 Å². The monoisotopic (exact) mass is 324 g/mol. The van der Waals surface area contributed by atoms with Crippen molar-refractivity contribution >= 4 is 23.2 Å². The fourth-order valence-electron chi connectivity index (χ4n) is 2.43. The maximum atomic E-state index is 9.55. The minimum atomic E-state index is -0.541. The maximum absolute atomic E-state index is 9.55. The summed E-state index contributed by atoms with van der Waals surface area (Å²) in [5.41, 5.74) is 1.54. The number of aliphatic hydroxyl groups is 1. The normalized spacial score (nSPS) is 25.2. The Morgan fingerprint density at radius 2 is 1.57 bits per heavy atom. The first-order chi connectivity index (χ1) is 10.2. The molecule has 0 aliphatic carbocycles. The Morgan fingerprint density at radius 1 is 0.905 bits per heavy atom. The van der Waals surface area contributed by atoms with Crippen molar-refractivity contribution in [3.05, 3.63) is 69.7 Å².